The van der Waals surface area contributed by atoms with Gasteiger partial charge in [-0.2, -0.15) is 26.3 Å². The molecule has 4 rings (SSSR count). The summed E-state index contributed by atoms with van der Waals surface area (Å²) >= 11 is -0.274. The summed E-state index contributed by atoms with van der Waals surface area (Å²) in [4.78, 5) is 19.3. The van der Waals surface area contributed by atoms with E-state index in [2.05, 4.69) is 4.99 Å². The number of carbonyl (C=O) groups excluding carboxylic acids is 1. The zero-order valence-corrected chi connectivity index (χ0v) is 19.7. The Bertz CT molecular complexity index is 1260. The number of carbonyl (C=O) groups is 1. The number of halogens is 6. The molecule has 0 bridgehead atoms. The standard InChI is InChI=1S/C26H20F6N2OS/c1-16(17-6-3-2-4-7-17)33-22-15-23(18-8-5-9-21(14-18)36-26(30,31)32)34(24(22)35)20-12-10-19(11-13-20)25(27,28)29/h2-14,16,23H,15H2,1H3/t16-,23+/m1/s1. The smallest absolute Gasteiger partial charge is 0.299 e. The maximum atomic E-state index is 13.4. The van der Waals surface area contributed by atoms with E-state index in [-0.39, 0.29) is 40.5 Å². The van der Waals surface area contributed by atoms with Crippen LogP contribution in [0.4, 0.5) is 32.0 Å². The van der Waals surface area contributed by atoms with E-state index in [9.17, 15) is 31.1 Å². The summed E-state index contributed by atoms with van der Waals surface area (Å²) < 4.78 is 78.0. The lowest BCUT2D eigenvalue weighted by molar-refractivity contribution is -0.137. The van der Waals surface area contributed by atoms with Gasteiger partial charge < -0.3 is 0 Å². The fourth-order valence-electron chi connectivity index (χ4n) is 4.08. The Balaban J connectivity index is 1.73. The second-order valence-corrected chi connectivity index (χ2v) is 9.36. The van der Waals surface area contributed by atoms with Gasteiger partial charge in [0.2, 0.25) is 0 Å². The third-order valence-corrected chi connectivity index (χ3v) is 6.47. The van der Waals surface area contributed by atoms with E-state index in [1.165, 1.54) is 35.2 Å². The minimum Gasteiger partial charge on any atom is -0.299 e. The van der Waals surface area contributed by atoms with Crippen LogP contribution in [0.15, 0.2) is 88.8 Å². The average molecular weight is 523 g/mol. The van der Waals surface area contributed by atoms with Crippen LogP contribution >= 0.6 is 11.8 Å². The fourth-order valence-corrected chi connectivity index (χ4v) is 4.69. The molecule has 0 aliphatic carbocycles. The van der Waals surface area contributed by atoms with Gasteiger partial charge in [-0.15, -0.1) is 0 Å². The largest absolute Gasteiger partial charge is 0.446 e. The molecule has 188 valence electrons. The molecule has 2 atom stereocenters. The van der Waals surface area contributed by atoms with Crippen molar-refractivity contribution in [2.75, 3.05) is 4.90 Å². The van der Waals surface area contributed by atoms with E-state index in [1.54, 1.807) is 6.07 Å². The summed E-state index contributed by atoms with van der Waals surface area (Å²) in [6, 6.07) is 18.0. The molecule has 1 aliphatic rings. The van der Waals surface area contributed by atoms with Crippen molar-refractivity contribution < 1.29 is 31.1 Å². The highest BCUT2D eigenvalue weighted by Gasteiger charge is 2.40. The molecule has 36 heavy (non-hydrogen) atoms. The van der Waals surface area contributed by atoms with E-state index in [4.69, 9.17) is 0 Å². The normalized spacial score (nSPS) is 18.6. The predicted octanol–water partition coefficient (Wildman–Crippen LogP) is 8.00. The van der Waals surface area contributed by atoms with Crippen LogP contribution in [0.5, 0.6) is 0 Å². The number of aliphatic imine (C=N–C) groups is 1. The summed E-state index contributed by atoms with van der Waals surface area (Å²) in [6.45, 7) is 1.81. The third-order valence-electron chi connectivity index (χ3n) is 5.74. The topological polar surface area (TPSA) is 32.7 Å². The molecule has 3 nitrogen and oxygen atoms in total. The van der Waals surface area contributed by atoms with E-state index in [0.717, 1.165) is 17.7 Å². The number of benzene rings is 3. The van der Waals surface area contributed by atoms with Crippen LogP contribution in [-0.2, 0) is 11.0 Å². The number of nitrogens with zero attached hydrogens (tertiary/aromatic N) is 2. The van der Waals surface area contributed by atoms with Crippen molar-refractivity contribution in [2.45, 2.75) is 42.0 Å². The number of rotatable bonds is 5. The second kappa shape index (κ2) is 10.0. The van der Waals surface area contributed by atoms with E-state index in [1.807, 2.05) is 37.3 Å². The molecule has 1 amide bonds. The zero-order chi connectivity index (χ0) is 26.1. The van der Waals surface area contributed by atoms with Crippen molar-refractivity contribution in [2.24, 2.45) is 4.99 Å². The summed E-state index contributed by atoms with van der Waals surface area (Å²) in [5.41, 5.74) is -3.67. The van der Waals surface area contributed by atoms with Crippen LogP contribution in [0, 0.1) is 0 Å². The van der Waals surface area contributed by atoms with Crippen LogP contribution in [0.1, 0.15) is 42.1 Å². The highest BCUT2D eigenvalue weighted by molar-refractivity contribution is 8.00. The van der Waals surface area contributed by atoms with Crippen LogP contribution in [-0.4, -0.2) is 17.1 Å². The summed E-state index contributed by atoms with van der Waals surface area (Å²) in [7, 11) is 0. The molecule has 0 saturated carbocycles. The first-order chi connectivity index (χ1) is 16.9. The lowest BCUT2D eigenvalue weighted by Crippen LogP contribution is -2.29. The van der Waals surface area contributed by atoms with Crippen LogP contribution in [0.2, 0.25) is 0 Å². The highest BCUT2D eigenvalue weighted by Crippen LogP contribution is 2.41. The van der Waals surface area contributed by atoms with Crippen molar-refractivity contribution in [3.8, 4) is 0 Å². The lowest BCUT2D eigenvalue weighted by Gasteiger charge is -2.25. The zero-order valence-electron chi connectivity index (χ0n) is 18.8. The minimum absolute atomic E-state index is 0.0529. The fraction of sp³-hybridized carbons (Fsp3) is 0.231. The van der Waals surface area contributed by atoms with Gasteiger partial charge in [-0.3, -0.25) is 14.7 Å². The molecular formula is C26H20F6N2OS. The molecule has 0 unspecified atom stereocenters. The number of anilines is 1. The molecule has 0 aromatic heterocycles. The first-order valence-electron chi connectivity index (χ1n) is 10.9. The lowest BCUT2D eigenvalue weighted by atomic mass is 10.0. The Labute approximate surface area is 207 Å². The number of thioether (sulfide) groups is 1. The SMILES string of the molecule is C[C@@H](N=C1C[C@@H](c2cccc(SC(F)(F)F)c2)N(c2ccc(C(F)(F)F)cc2)C1=O)c1ccccc1. The monoisotopic (exact) mass is 522 g/mol. The molecule has 1 saturated heterocycles. The molecule has 1 fully saturated rings. The van der Waals surface area contributed by atoms with E-state index in [0.29, 0.717) is 5.56 Å². The summed E-state index contributed by atoms with van der Waals surface area (Å²) in [5, 5.41) is 0. The van der Waals surface area contributed by atoms with Gasteiger partial charge in [0, 0.05) is 17.0 Å². The summed E-state index contributed by atoms with van der Waals surface area (Å²) in [6.07, 6.45) is -4.45. The van der Waals surface area contributed by atoms with Crippen LogP contribution in [0.3, 0.4) is 0 Å². The van der Waals surface area contributed by atoms with Gasteiger partial charge in [-0.05, 0) is 66.2 Å². The van der Waals surface area contributed by atoms with Crippen LogP contribution < -0.4 is 4.90 Å². The number of hydrogen-bond acceptors (Lipinski definition) is 3. The molecule has 1 aliphatic heterocycles. The molecule has 3 aromatic carbocycles. The first-order valence-corrected chi connectivity index (χ1v) is 11.7. The quantitative estimate of drug-likeness (QED) is 0.251. The van der Waals surface area contributed by atoms with Crippen LogP contribution in [0.25, 0.3) is 0 Å². The number of hydrogen-bond donors (Lipinski definition) is 0. The van der Waals surface area contributed by atoms with Gasteiger partial charge >= 0.3 is 11.7 Å². The Morgan fingerprint density at radius 3 is 2.19 bits per heavy atom. The maximum Gasteiger partial charge on any atom is 0.446 e. The van der Waals surface area contributed by atoms with Crippen molar-refractivity contribution in [1.29, 1.82) is 0 Å². The van der Waals surface area contributed by atoms with Gasteiger partial charge in [-0.25, -0.2) is 0 Å². The minimum atomic E-state index is -4.55. The van der Waals surface area contributed by atoms with Crippen molar-refractivity contribution in [3.63, 3.8) is 0 Å². The van der Waals surface area contributed by atoms with Gasteiger partial charge in [0.25, 0.3) is 5.91 Å². The van der Waals surface area contributed by atoms with E-state index >= 15 is 0 Å². The second-order valence-electron chi connectivity index (χ2n) is 8.22. The Kier molecular flexibility index (Phi) is 7.17. The third kappa shape index (κ3) is 5.92. The molecule has 1 heterocycles. The number of amides is 1. The predicted molar refractivity (Wildman–Crippen MR) is 127 cm³/mol. The number of alkyl halides is 6. The Morgan fingerprint density at radius 2 is 1.58 bits per heavy atom. The molecule has 0 radical (unpaired) electrons. The molecule has 0 spiro atoms. The van der Waals surface area contributed by atoms with Gasteiger partial charge in [0.05, 0.1) is 17.6 Å². The van der Waals surface area contributed by atoms with Crippen molar-refractivity contribution in [1.82, 2.24) is 0 Å². The van der Waals surface area contributed by atoms with Gasteiger partial charge in [-0.1, -0.05) is 42.5 Å². The van der Waals surface area contributed by atoms with Crippen molar-refractivity contribution >= 4 is 29.1 Å². The molecular weight excluding hydrogens is 502 g/mol. The molecule has 10 heteroatoms. The van der Waals surface area contributed by atoms with E-state index < -0.39 is 29.2 Å². The molecule has 3 aromatic rings. The average Bonchev–Trinajstić information content (AvgIpc) is 3.14. The van der Waals surface area contributed by atoms with Gasteiger partial charge in [0.1, 0.15) is 5.71 Å². The maximum absolute atomic E-state index is 13.4. The highest BCUT2D eigenvalue weighted by atomic mass is 32.2. The van der Waals surface area contributed by atoms with Gasteiger partial charge in [0.15, 0.2) is 0 Å². The first kappa shape index (κ1) is 25.8. The Morgan fingerprint density at radius 1 is 0.917 bits per heavy atom. The van der Waals surface area contributed by atoms with Crippen molar-refractivity contribution in [3.05, 3.63) is 95.6 Å². The molecule has 0 N–H and O–H groups in total. The summed E-state index contributed by atoms with van der Waals surface area (Å²) in [5.74, 6) is -0.503. The Hall–Kier alpha value is -3.27.